The van der Waals surface area contributed by atoms with Gasteiger partial charge in [-0.3, -0.25) is 9.69 Å². The highest BCUT2D eigenvalue weighted by atomic mass is 16.2. The van der Waals surface area contributed by atoms with Crippen molar-refractivity contribution in [3.8, 4) is 0 Å². The number of carbonyl (C=O) groups excluding carboxylic acids is 1. The van der Waals surface area contributed by atoms with Crippen molar-refractivity contribution in [2.24, 2.45) is 0 Å². The molecule has 1 fully saturated rings. The lowest BCUT2D eigenvalue weighted by molar-refractivity contribution is -0.127. The fraction of sp³-hybridized carbons (Fsp3) is 0.312. The van der Waals surface area contributed by atoms with Gasteiger partial charge < -0.3 is 10.6 Å². The molecule has 3 rings (SSSR count). The van der Waals surface area contributed by atoms with E-state index < -0.39 is 0 Å². The maximum atomic E-state index is 11.6. The number of aromatic nitrogens is 2. The Morgan fingerprint density at radius 1 is 1.23 bits per heavy atom. The van der Waals surface area contributed by atoms with Crippen molar-refractivity contribution in [3.63, 3.8) is 0 Å². The number of hydrogen-bond donors (Lipinski definition) is 1. The van der Waals surface area contributed by atoms with Gasteiger partial charge in [-0.2, -0.15) is 0 Å². The summed E-state index contributed by atoms with van der Waals surface area (Å²) in [5.41, 5.74) is 6.87. The highest BCUT2D eigenvalue weighted by molar-refractivity contribution is 5.88. The Balaban J connectivity index is 1.69. The average Bonchev–Trinajstić information content (AvgIpc) is 2.55. The normalized spacial score (nSPS) is 15.9. The van der Waals surface area contributed by atoms with Gasteiger partial charge in [-0.25, -0.2) is 9.97 Å². The molecule has 0 bridgehead atoms. The molecule has 6 nitrogen and oxygen atoms in total. The van der Waals surface area contributed by atoms with Crippen LogP contribution in [0.5, 0.6) is 0 Å². The van der Waals surface area contributed by atoms with E-state index in [2.05, 4.69) is 21.4 Å². The van der Waals surface area contributed by atoms with Crippen molar-refractivity contribution in [2.75, 3.05) is 31.9 Å². The van der Waals surface area contributed by atoms with E-state index in [4.69, 9.17) is 5.73 Å². The summed E-state index contributed by atoms with van der Waals surface area (Å²) >= 11 is 0. The average molecular weight is 297 g/mol. The highest BCUT2D eigenvalue weighted by Gasteiger charge is 2.20. The molecule has 1 saturated heterocycles. The van der Waals surface area contributed by atoms with Crippen LogP contribution in [0.4, 0.5) is 5.82 Å². The number of nitrogen functional groups attached to an aromatic ring is 1. The molecule has 0 radical (unpaired) electrons. The van der Waals surface area contributed by atoms with Crippen molar-refractivity contribution < 1.29 is 4.79 Å². The van der Waals surface area contributed by atoms with Gasteiger partial charge in [0, 0.05) is 31.6 Å². The van der Waals surface area contributed by atoms with Crippen molar-refractivity contribution in [3.05, 3.63) is 42.7 Å². The topological polar surface area (TPSA) is 75.4 Å². The molecule has 2 N–H and O–H groups in total. The van der Waals surface area contributed by atoms with E-state index in [0.717, 1.165) is 29.8 Å². The molecule has 0 atom stereocenters. The van der Waals surface area contributed by atoms with E-state index in [0.29, 0.717) is 25.5 Å². The van der Waals surface area contributed by atoms with Gasteiger partial charge in [0.05, 0.1) is 12.1 Å². The van der Waals surface area contributed by atoms with E-state index in [-0.39, 0.29) is 5.91 Å². The number of nitrogens with two attached hydrogens (primary N) is 1. The predicted octanol–water partition coefficient (Wildman–Crippen LogP) is 1.04. The number of benzene rings is 1. The maximum Gasteiger partial charge on any atom is 0.246 e. The van der Waals surface area contributed by atoms with Crippen LogP contribution in [0, 0.1) is 0 Å². The zero-order valence-electron chi connectivity index (χ0n) is 12.4. The standard InChI is InChI=1S/C16H19N5O/c1-2-15(22)21-9-7-20(8-10-21)11-14-18-13-6-4-3-5-12(13)16(17)19-14/h2-6H,1,7-11H2,(H2,17,18,19). The van der Waals surface area contributed by atoms with Crippen molar-refractivity contribution in [1.29, 1.82) is 0 Å². The molecule has 2 aromatic rings. The molecule has 0 aliphatic carbocycles. The zero-order valence-corrected chi connectivity index (χ0v) is 12.4. The third-order valence-electron chi connectivity index (χ3n) is 3.90. The second-order valence-electron chi connectivity index (χ2n) is 5.35. The number of piperazine rings is 1. The Morgan fingerprint density at radius 2 is 1.95 bits per heavy atom. The first kappa shape index (κ1) is 14.5. The smallest absolute Gasteiger partial charge is 0.246 e. The minimum Gasteiger partial charge on any atom is -0.383 e. The fourth-order valence-electron chi connectivity index (χ4n) is 2.68. The van der Waals surface area contributed by atoms with Crippen LogP contribution in [-0.2, 0) is 11.3 Å². The molecular weight excluding hydrogens is 278 g/mol. The monoisotopic (exact) mass is 297 g/mol. The highest BCUT2D eigenvalue weighted by Crippen LogP contribution is 2.18. The van der Waals surface area contributed by atoms with Crippen LogP contribution >= 0.6 is 0 Å². The number of fused-ring (bicyclic) bond motifs is 1. The minimum absolute atomic E-state index is 0.00847. The summed E-state index contributed by atoms with van der Waals surface area (Å²) in [7, 11) is 0. The lowest BCUT2D eigenvalue weighted by atomic mass is 10.2. The van der Waals surface area contributed by atoms with Crippen LogP contribution in [0.1, 0.15) is 5.82 Å². The maximum absolute atomic E-state index is 11.6. The van der Waals surface area contributed by atoms with Gasteiger partial charge in [0.2, 0.25) is 5.91 Å². The van der Waals surface area contributed by atoms with Gasteiger partial charge in [-0.05, 0) is 18.2 Å². The lowest BCUT2D eigenvalue weighted by Gasteiger charge is -2.33. The number of rotatable bonds is 3. The second kappa shape index (κ2) is 6.11. The first-order valence-electron chi connectivity index (χ1n) is 7.32. The zero-order chi connectivity index (χ0) is 15.5. The van der Waals surface area contributed by atoms with E-state index in [1.54, 1.807) is 4.90 Å². The predicted molar refractivity (Wildman–Crippen MR) is 86.0 cm³/mol. The molecule has 1 aliphatic heterocycles. The summed E-state index contributed by atoms with van der Waals surface area (Å²) in [5, 5.41) is 0.882. The molecule has 22 heavy (non-hydrogen) atoms. The summed E-state index contributed by atoms with van der Waals surface area (Å²) in [4.78, 5) is 24.6. The first-order chi connectivity index (χ1) is 10.7. The molecule has 114 valence electrons. The Bertz CT molecular complexity index is 707. The molecule has 1 aromatic carbocycles. The largest absolute Gasteiger partial charge is 0.383 e. The van der Waals surface area contributed by atoms with E-state index in [9.17, 15) is 4.79 Å². The number of amides is 1. The van der Waals surface area contributed by atoms with Crippen LogP contribution in [-0.4, -0.2) is 51.9 Å². The van der Waals surface area contributed by atoms with Crippen LogP contribution in [0.25, 0.3) is 10.9 Å². The Morgan fingerprint density at radius 3 is 2.68 bits per heavy atom. The summed E-state index contributed by atoms with van der Waals surface area (Å²) in [6, 6.07) is 7.74. The van der Waals surface area contributed by atoms with Crippen LogP contribution < -0.4 is 5.73 Å². The number of hydrogen-bond acceptors (Lipinski definition) is 5. The molecule has 0 unspecified atom stereocenters. The molecular formula is C16H19N5O. The number of anilines is 1. The Kier molecular flexibility index (Phi) is 4.02. The van der Waals surface area contributed by atoms with Crippen molar-refractivity contribution >= 4 is 22.6 Å². The molecule has 0 spiro atoms. The van der Waals surface area contributed by atoms with Gasteiger partial charge in [0.1, 0.15) is 11.6 Å². The van der Waals surface area contributed by atoms with Gasteiger partial charge in [0.15, 0.2) is 0 Å². The molecule has 1 aliphatic rings. The summed E-state index contributed by atoms with van der Waals surface area (Å²) in [5.74, 6) is 1.23. The fourth-order valence-corrected chi connectivity index (χ4v) is 2.68. The number of para-hydroxylation sites is 1. The first-order valence-corrected chi connectivity index (χ1v) is 7.32. The van der Waals surface area contributed by atoms with Crippen LogP contribution in [0.3, 0.4) is 0 Å². The summed E-state index contributed by atoms with van der Waals surface area (Å²) < 4.78 is 0. The van der Waals surface area contributed by atoms with Crippen LogP contribution in [0.15, 0.2) is 36.9 Å². The number of nitrogens with zero attached hydrogens (tertiary/aromatic N) is 4. The lowest BCUT2D eigenvalue weighted by Crippen LogP contribution is -2.47. The molecule has 1 aromatic heterocycles. The van der Waals surface area contributed by atoms with Crippen LogP contribution in [0.2, 0.25) is 0 Å². The van der Waals surface area contributed by atoms with Gasteiger partial charge in [-0.15, -0.1) is 0 Å². The van der Waals surface area contributed by atoms with E-state index in [1.807, 2.05) is 24.3 Å². The van der Waals surface area contributed by atoms with Crippen molar-refractivity contribution in [1.82, 2.24) is 19.8 Å². The van der Waals surface area contributed by atoms with Gasteiger partial charge in [0.25, 0.3) is 0 Å². The third kappa shape index (κ3) is 2.92. The van der Waals surface area contributed by atoms with Gasteiger partial charge in [-0.1, -0.05) is 18.7 Å². The Hall–Kier alpha value is -2.47. The van der Waals surface area contributed by atoms with Crippen molar-refractivity contribution in [2.45, 2.75) is 6.54 Å². The number of carbonyl (C=O) groups is 1. The van der Waals surface area contributed by atoms with Gasteiger partial charge >= 0.3 is 0 Å². The molecule has 2 heterocycles. The second-order valence-corrected chi connectivity index (χ2v) is 5.35. The molecule has 6 heteroatoms. The Labute approximate surface area is 129 Å². The summed E-state index contributed by atoms with van der Waals surface area (Å²) in [6.45, 7) is 7.17. The third-order valence-corrected chi connectivity index (χ3v) is 3.90. The molecule has 1 amide bonds. The quantitative estimate of drug-likeness (QED) is 0.857. The van der Waals surface area contributed by atoms with E-state index in [1.165, 1.54) is 6.08 Å². The molecule has 0 saturated carbocycles. The minimum atomic E-state index is -0.00847. The van der Waals surface area contributed by atoms with E-state index >= 15 is 0 Å². The SMILES string of the molecule is C=CC(=O)N1CCN(Cc2nc(N)c3ccccc3n2)CC1. The summed E-state index contributed by atoms with van der Waals surface area (Å²) in [6.07, 6.45) is 1.36.